The summed E-state index contributed by atoms with van der Waals surface area (Å²) in [6.07, 6.45) is 0.660. The number of ether oxygens (including phenoxy) is 1. The number of hydrogen-bond acceptors (Lipinski definition) is 2. The molecule has 0 aliphatic rings. The van der Waals surface area contributed by atoms with E-state index in [0.29, 0.717) is 12.5 Å². The maximum absolute atomic E-state index is 11.7. The van der Waals surface area contributed by atoms with Crippen molar-refractivity contribution < 1.29 is 17.9 Å². The highest BCUT2D eigenvalue weighted by molar-refractivity contribution is 4.59. The van der Waals surface area contributed by atoms with Gasteiger partial charge in [-0.3, -0.25) is 0 Å². The first-order valence-corrected chi connectivity index (χ1v) is 6.33. The standard InChI is InChI=1S/C12H24F3NO/c1-3-8-16-11(2)7-5-4-6-9-17-10-12(13,14)15/h11,16H,3-10H2,1-2H3. The van der Waals surface area contributed by atoms with Crippen molar-refractivity contribution in [2.24, 2.45) is 0 Å². The number of alkyl halides is 3. The topological polar surface area (TPSA) is 21.3 Å². The van der Waals surface area contributed by atoms with Gasteiger partial charge in [0.2, 0.25) is 0 Å². The summed E-state index contributed by atoms with van der Waals surface area (Å²) in [5.74, 6) is 0. The van der Waals surface area contributed by atoms with E-state index < -0.39 is 12.8 Å². The van der Waals surface area contributed by atoms with Crippen molar-refractivity contribution in [1.29, 1.82) is 0 Å². The van der Waals surface area contributed by atoms with E-state index in [1.807, 2.05) is 0 Å². The van der Waals surface area contributed by atoms with Crippen LogP contribution in [0, 0.1) is 0 Å². The molecule has 0 rings (SSSR count). The van der Waals surface area contributed by atoms with Crippen LogP contribution in [0.15, 0.2) is 0 Å². The summed E-state index contributed by atoms with van der Waals surface area (Å²) in [6.45, 7) is 4.36. The van der Waals surface area contributed by atoms with E-state index in [9.17, 15) is 13.2 Å². The third kappa shape index (κ3) is 13.6. The zero-order valence-electron chi connectivity index (χ0n) is 10.8. The highest BCUT2D eigenvalue weighted by Crippen LogP contribution is 2.14. The van der Waals surface area contributed by atoms with Crippen molar-refractivity contribution in [3.63, 3.8) is 0 Å². The van der Waals surface area contributed by atoms with Crippen LogP contribution >= 0.6 is 0 Å². The summed E-state index contributed by atoms with van der Waals surface area (Å²) in [4.78, 5) is 0. The quantitative estimate of drug-likeness (QED) is 0.603. The molecule has 1 N–H and O–H groups in total. The Morgan fingerprint density at radius 3 is 2.47 bits per heavy atom. The van der Waals surface area contributed by atoms with E-state index in [-0.39, 0.29) is 6.61 Å². The predicted molar refractivity (Wildman–Crippen MR) is 63.1 cm³/mol. The van der Waals surface area contributed by atoms with Gasteiger partial charge in [-0.15, -0.1) is 0 Å². The molecule has 0 aliphatic carbocycles. The third-order valence-corrected chi connectivity index (χ3v) is 2.43. The molecule has 1 atom stereocenters. The zero-order valence-corrected chi connectivity index (χ0v) is 10.8. The summed E-state index contributed by atoms with van der Waals surface area (Å²) in [5, 5.41) is 3.37. The Kier molecular flexibility index (Phi) is 9.55. The van der Waals surface area contributed by atoms with Gasteiger partial charge in [0.15, 0.2) is 0 Å². The smallest absolute Gasteiger partial charge is 0.372 e. The van der Waals surface area contributed by atoms with Gasteiger partial charge < -0.3 is 10.1 Å². The fourth-order valence-electron chi connectivity index (χ4n) is 1.51. The van der Waals surface area contributed by atoms with Gasteiger partial charge in [0, 0.05) is 12.6 Å². The minimum absolute atomic E-state index is 0.205. The molecule has 2 nitrogen and oxygen atoms in total. The van der Waals surface area contributed by atoms with Gasteiger partial charge in [-0.2, -0.15) is 13.2 Å². The van der Waals surface area contributed by atoms with E-state index in [0.717, 1.165) is 32.2 Å². The molecule has 0 fully saturated rings. The second-order valence-corrected chi connectivity index (χ2v) is 4.37. The predicted octanol–water partition coefficient (Wildman–Crippen LogP) is 3.51. The van der Waals surface area contributed by atoms with Gasteiger partial charge in [-0.25, -0.2) is 0 Å². The minimum atomic E-state index is -4.20. The third-order valence-electron chi connectivity index (χ3n) is 2.43. The van der Waals surface area contributed by atoms with Crippen LogP contribution < -0.4 is 5.32 Å². The summed E-state index contributed by atoms with van der Waals surface area (Å²) in [7, 11) is 0. The first-order chi connectivity index (χ1) is 7.95. The Morgan fingerprint density at radius 2 is 1.88 bits per heavy atom. The van der Waals surface area contributed by atoms with Crippen molar-refractivity contribution in [3.05, 3.63) is 0 Å². The molecule has 0 amide bonds. The minimum Gasteiger partial charge on any atom is -0.372 e. The molecule has 0 saturated carbocycles. The molecule has 1 unspecified atom stereocenters. The Morgan fingerprint density at radius 1 is 1.18 bits per heavy atom. The van der Waals surface area contributed by atoms with Crippen molar-refractivity contribution in [2.75, 3.05) is 19.8 Å². The Hall–Kier alpha value is -0.290. The van der Waals surface area contributed by atoms with E-state index in [1.54, 1.807) is 0 Å². The molecule has 5 heteroatoms. The van der Waals surface area contributed by atoms with Crippen LogP contribution in [0.5, 0.6) is 0 Å². The van der Waals surface area contributed by atoms with E-state index in [1.165, 1.54) is 0 Å². The summed E-state index contributed by atoms with van der Waals surface area (Å²) < 4.78 is 39.7. The second-order valence-electron chi connectivity index (χ2n) is 4.37. The number of hydrogen-bond donors (Lipinski definition) is 1. The van der Waals surface area contributed by atoms with Crippen molar-refractivity contribution >= 4 is 0 Å². The highest BCUT2D eigenvalue weighted by Gasteiger charge is 2.27. The van der Waals surface area contributed by atoms with Crippen LogP contribution in [0.3, 0.4) is 0 Å². The number of nitrogens with one attached hydrogen (secondary N) is 1. The fraction of sp³-hybridized carbons (Fsp3) is 1.00. The highest BCUT2D eigenvalue weighted by atomic mass is 19.4. The largest absolute Gasteiger partial charge is 0.411 e. The molecule has 0 saturated heterocycles. The van der Waals surface area contributed by atoms with Gasteiger partial charge in [0.05, 0.1) is 0 Å². The van der Waals surface area contributed by atoms with Crippen LogP contribution in [-0.4, -0.2) is 32.0 Å². The van der Waals surface area contributed by atoms with Gasteiger partial charge in [0.25, 0.3) is 0 Å². The average Bonchev–Trinajstić information content (AvgIpc) is 2.23. The number of rotatable bonds is 10. The monoisotopic (exact) mass is 255 g/mol. The lowest BCUT2D eigenvalue weighted by Crippen LogP contribution is -2.26. The molecular weight excluding hydrogens is 231 g/mol. The summed E-state index contributed by atoms with van der Waals surface area (Å²) in [5.41, 5.74) is 0. The molecule has 0 aliphatic heterocycles. The summed E-state index contributed by atoms with van der Waals surface area (Å²) >= 11 is 0. The Balaban J connectivity index is 3.18. The molecule has 0 radical (unpaired) electrons. The van der Waals surface area contributed by atoms with Gasteiger partial charge in [0.1, 0.15) is 6.61 Å². The Labute approximate surface area is 102 Å². The van der Waals surface area contributed by atoms with Crippen LogP contribution in [0.4, 0.5) is 13.2 Å². The van der Waals surface area contributed by atoms with Crippen LogP contribution in [0.25, 0.3) is 0 Å². The van der Waals surface area contributed by atoms with Crippen LogP contribution in [0.1, 0.15) is 46.0 Å². The van der Waals surface area contributed by atoms with Gasteiger partial charge in [-0.05, 0) is 32.7 Å². The van der Waals surface area contributed by atoms with Crippen LogP contribution in [-0.2, 0) is 4.74 Å². The van der Waals surface area contributed by atoms with Crippen molar-refractivity contribution in [2.45, 2.75) is 58.2 Å². The van der Waals surface area contributed by atoms with E-state index in [2.05, 4.69) is 23.9 Å². The molecule has 0 aromatic heterocycles. The number of unbranched alkanes of at least 4 members (excludes halogenated alkanes) is 2. The SMILES string of the molecule is CCCNC(C)CCCCCOCC(F)(F)F. The molecule has 0 bridgehead atoms. The Bertz CT molecular complexity index is 174. The maximum Gasteiger partial charge on any atom is 0.411 e. The normalized spacial score (nSPS) is 13.9. The molecule has 17 heavy (non-hydrogen) atoms. The molecule has 104 valence electrons. The van der Waals surface area contributed by atoms with E-state index in [4.69, 9.17) is 0 Å². The number of halogens is 3. The first kappa shape index (κ1) is 16.7. The van der Waals surface area contributed by atoms with Gasteiger partial charge in [-0.1, -0.05) is 19.8 Å². The zero-order chi connectivity index (χ0) is 13.1. The molecular formula is C12H24F3NO. The molecule has 0 heterocycles. The summed E-state index contributed by atoms with van der Waals surface area (Å²) in [6, 6.07) is 0.492. The van der Waals surface area contributed by atoms with E-state index >= 15 is 0 Å². The molecule has 0 aromatic rings. The molecule has 0 spiro atoms. The maximum atomic E-state index is 11.7. The van der Waals surface area contributed by atoms with Crippen LogP contribution in [0.2, 0.25) is 0 Å². The second kappa shape index (κ2) is 9.71. The lowest BCUT2D eigenvalue weighted by molar-refractivity contribution is -0.174. The molecule has 0 aromatic carbocycles. The van der Waals surface area contributed by atoms with Gasteiger partial charge >= 0.3 is 6.18 Å². The average molecular weight is 255 g/mol. The fourth-order valence-corrected chi connectivity index (χ4v) is 1.51. The lowest BCUT2D eigenvalue weighted by Gasteiger charge is -2.12. The lowest BCUT2D eigenvalue weighted by atomic mass is 10.1. The van der Waals surface area contributed by atoms with Crippen molar-refractivity contribution in [1.82, 2.24) is 5.32 Å². The first-order valence-electron chi connectivity index (χ1n) is 6.33. The van der Waals surface area contributed by atoms with Crippen molar-refractivity contribution in [3.8, 4) is 0 Å².